The van der Waals surface area contributed by atoms with Gasteiger partial charge in [-0.25, -0.2) is 4.79 Å². The summed E-state index contributed by atoms with van der Waals surface area (Å²) in [6.07, 6.45) is -0.573. The summed E-state index contributed by atoms with van der Waals surface area (Å²) >= 11 is 3.51. The lowest BCUT2D eigenvalue weighted by Crippen LogP contribution is -2.10. The van der Waals surface area contributed by atoms with E-state index in [9.17, 15) is 4.79 Å². The summed E-state index contributed by atoms with van der Waals surface area (Å²) < 4.78 is 16.9. The predicted octanol–water partition coefficient (Wildman–Crippen LogP) is 4.06. The van der Waals surface area contributed by atoms with Crippen LogP contribution in [0.15, 0.2) is 34.8 Å². The van der Waals surface area contributed by atoms with Crippen LogP contribution in [0.1, 0.15) is 27.7 Å². The molecule has 0 fully saturated rings. The Labute approximate surface area is 142 Å². The van der Waals surface area contributed by atoms with Gasteiger partial charge in [0.25, 0.3) is 0 Å². The maximum absolute atomic E-state index is 12.2. The fraction of sp³-hybridized carbons (Fsp3) is 0.235. The molecule has 1 N–H and O–H groups in total. The lowest BCUT2D eigenvalue weighted by molar-refractivity contribution is 0.0435. The Bertz CT molecular complexity index is 775. The van der Waals surface area contributed by atoms with E-state index in [-0.39, 0.29) is 0 Å². The van der Waals surface area contributed by atoms with E-state index in [1.165, 1.54) is 14.2 Å². The van der Waals surface area contributed by atoms with Crippen molar-refractivity contribution in [2.75, 3.05) is 19.5 Å². The highest BCUT2D eigenvalue weighted by molar-refractivity contribution is 9.10. The van der Waals surface area contributed by atoms with E-state index < -0.39 is 12.2 Å². The summed E-state index contributed by atoms with van der Waals surface area (Å²) in [4.78, 5) is 12.2. The Kier molecular flexibility index (Phi) is 4.17. The quantitative estimate of drug-likeness (QED) is 0.814. The standard InChI is InChI=1S/C17H16BrNO4/c1-9-4-6-12(11(18)8-9)19-16-10-5-7-13(21-2)15(22-3)14(10)17(20)23-16/h4-8,16,19H,1-3H3/t16-/m0/s1. The van der Waals surface area contributed by atoms with Gasteiger partial charge in [-0.2, -0.15) is 0 Å². The van der Waals surface area contributed by atoms with Gasteiger partial charge in [-0.15, -0.1) is 0 Å². The third-order valence-corrected chi connectivity index (χ3v) is 4.36. The van der Waals surface area contributed by atoms with Crippen LogP contribution in [0.3, 0.4) is 0 Å². The average Bonchev–Trinajstić information content (AvgIpc) is 2.85. The number of methoxy groups -OCH3 is 2. The Morgan fingerprint density at radius 1 is 1.17 bits per heavy atom. The second kappa shape index (κ2) is 6.12. The summed E-state index contributed by atoms with van der Waals surface area (Å²) in [5, 5.41) is 3.23. The molecule has 0 unspecified atom stereocenters. The number of esters is 1. The molecule has 0 aliphatic carbocycles. The number of halogens is 1. The van der Waals surface area contributed by atoms with Crippen LogP contribution in [0, 0.1) is 6.92 Å². The zero-order valence-corrected chi connectivity index (χ0v) is 14.6. The van der Waals surface area contributed by atoms with Crippen LogP contribution in [0.25, 0.3) is 0 Å². The Morgan fingerprint density at radius 2 is 1.96 bits per heavy atom. The highest BCUT2D eigenvalue weighted by Crippen LogP contribution is 2.42. The molecule has 0 aromatic heterocycles. The topological polar surface area (TPSA) is 56.8 Å². The lowest BCUT2D eigenvalue weighted by atomic mass is 10.1. The van der Waals surface area contributed by atoms with E-state index in [1.807, 2.05) is 25.1 Å². The molecule has 1 aliphatic heterocycles. The molecule has 0 radical (unpaired) electrons. The van der Waals surface area contributed by atoms with Gasteiger partial charge >= 0.3 is 5.97 Å². The smallest absolute Gasteiger partial charge is 0.344 e. The van der Waals surface area contributed by atoms with Crippen molar-refractivity contribution in [3.8, 4) is 11.5 Å². The van der Waals surface area contributed by atoms with Crippen molar-refractivity contribution in [1.82, 2.24) is 0 Å². The molecular formula is C17H16BrNO4. The SMILES string of the molecule is COc1ccc2c(c1OC)C(=O)O[C@@H]2Nc1ccc(C)cc1Br. The Hall–Kier alpha value is -2.21. The van der Waals surface area contributed by atoms with Crippen LogP contribution in [-0.4, -0.2) is 20.2 Å². The molecule has 2 aromatic rings. The minimum absolute atomic E-state index is 0.391. The van der Waals surface area contributed by atoms with Gasteiger partial charge in [0.05, 0.1) is 19.9 Å². The van der Waals surface area contributed by atoms with E-state index in [1.54, 1.807) is 12.1 Å². The van der Waals surface area contributed by atoms with Gasteiger partial charge in [-0.3, -0.25) is 0 Å². The van der Waals surface area contributed by atoms with Crippen LogP contribution in [-0.2, 0) is 4.74 Å². The summed E-state index contributed by atoms with van der Waals surface area (Å²) in [5.74, 6) is 0.458. The minimum Gasteiger partial charge on any atom is -0.493 e. The summed E-state index contributed by atoms with van der Waals surface area (Å²) in [6, 6.07) is 9.49. The monoisotopic (exact) mass is 377 g/mol. The molecule has 0 bridgehead atoms. The number of rotatable bonds is 4. The largest absolute Gasteiger partial charge is 0.493 e. The second-order valence-corrected chi connectivity index (χ2v) is 6.03. The normalized spacial score (nSPS) is 15.8. The number of aryl methyl sites for hydroxylation is 1. The molecule has 2 aromatic carbocycles. The van der Waals surface area contributed by atoms with E-state index in [0.717, 1.165) is 21.3 Å². The molecule has 1 aliphatic rings. The number of carbonyl (C=O) groups is 1. The van der Waals surface area contributed by atoms with Gasteiger partial charge in [0.15, 0.2) is 11.5 Å². The average molecular weight is 378 g/mol. The van der Waals surface area contributed by atoms with Crippen molar-refractivity contribution < 1.29 is 19.0 Å². The van der Waals surface area contributed by atoms with E-state index in [0.29, 0.717) is 17.1 Å². The fourth-order valence-corrected chi connectivity index (χ4v) is 3.19. The number of anilines is 1. The first-order valence-electron chi connectivity index (χ1n) is 7.03. The van der Waals surface area contributed by atoms with E-state index in [4.69, 9.17) is 14.2 Å². The highest BCUT2D eigenvalue weighted by atomic mass is 79.9. The maximum atomic E-state index is 12.2. The minimum atomic E-state index is -0.573. The zero-order chi connectivity index (χ0) is 16.6. The lowest BCUT2D eigenvalue weighted by Gasteiger charge is -2.16. The first-order chi connectivity index (χ1) is 11.0. The number of benzene rings is 2. The number of fused-ring (bicyclic) bond motifs is 1. The van der Waals surface area contributed by atoms with Crippen LogP contribution < -0.4 is 14.8 Å². The van der Waals surface area contributed by atoms with Crippen molar-refractivity contribution in [3.63, 3.8) is 0 Å². The van der Waals surface area contributed by atoms with Gasteiger partial charge in [0.1, 0.15) is 5.56 Å². The molecule has 5 nitrogen and oxygen atoms in total. The highest BCUT2D eigenvalue weighted by Gasteiger charge is 2.36. The molecule has 6 heteroatoms. The number of carbonyl (C=O) groups excluding carboxylic acids is 1. The maximum Gasteiger partial charge on any atom is 0.344 e. The van der Waals surface area contributed by atoms with Crippen molar-refractivity contribution >= 4 is 27.6 Å². The van der Waals surface area contributed by atoms with E-state index in [2.05, 4.69) is 21.2 Å². The molecule has 23 heavy (non-hydrogen) atoms. The van der Waals surface area contributed by atoms with Crippen LogP contribution >= 0.6 is 15.9 Å². The van der Waals surface area contributed by atoms with Crippen LogP contribution in [0.5, 0.6) is 11.5 Å². The molecule has 0 spiro atoms. The molecule has 0 saturated carbocycles. The van der Waals surface area contributed by atoms with Crippen molar-refractivity contribution in [2.24, 2.45) is 0 Å². The van der Waals surface area contributed by atoms with Gasteiger partial charge in [0, 0.05) is 10.0 Å². The van der Waals surface area contributed by atoms with E-state index >= 15 is 0 Å². The first-order valence-corrected chi connectivity index (χ1v) is 7.83. The number of nitrogens with one attached hydrogen (secondary N) is 1. The van der Waals surface area contributed by atoms with Crippen LogP contribution in [0.4, 0.5) is 5.69 Å². The molecule has 3 rings (SSSR count). The zero-order valence-electron chi connectivity index (χ0n) is 13.0. The fourth-order valence-electron chi connectivity index (χ4n) is 2.59. The Morgan fingerprint density at radius 3 is 2.61 bits per heavy atom. The molecule has 0 amide bonds. The summed E-state index contributed by atoms with van der Waals surface area (Å²) in [7, 11) is 3.03. The molecular weight excluding hydrogens is 362 g/mol. The van der Waals surface area contributed by atoms with Gasteiger partial charge in [0.2, 0.25) is 6.23 Å². The molecule has 120 valence electrons. The predicted molar refractivity (Wildman–Crippen MR) is 90.2 cm³/mol. The third kappa shape index (κ3) is 2.74. The number of cyclic esters (lactones) is 1. The third-order valence-electron chi connectivity index (χ3n) is 3.70. The molecule has 1 heterocycles. The second-order valence-electron chi connectivity index (χ2n) is 5.18. The van der Waals surface area contributed by atoms with Gasteiger partial charge in [-0.05, 0) is 52.7 Å². The molecule has 1 atom stereocenters. The van der Waals surface area contributed by atoms with Gasteiger partial charge in [-0.1, -0.05) is 6.07 Å². The van der Waals surface area contributed by atoms with Crippen LogP contribution in [0.2, 0.25) is 0 Å². The number of hydrogen-bond donors (Lipinski definition) is 1. The summed E-state index contributed by atoms with van der Waals surface area (Å²) in [5.41, 5.74) is 3.10. The first kappa shape index (κ1) is 15.7. The molecule has 0 saturated heterocycles. The Balaban J connectivity index is 1.99. The van der Waals surface area contributed by atoms with Crippen molar-refractivity contribution in [2.45, 2.75) is 13.2 Å². The number of ether oxygens (including phenoxy) is 3. The van der Waals surface area contributed by atoms with Gasteiger partial charge < -0.3 is 19.5 Å². The summed E-state index contributed by atoms with van der Waals surface area (Å²) in [6.45, 7) is 2.01. The number of hydrogen-bond acceptors (Lipinski definition) is 5. The van der Waals surface area contributed by atoms with Crippen molar-refractivity contribution in [3.05, 3.63) is 51.5 Å². The van der Waals surface area contributed by atoms with Crippen molar-refractivity contribution in [1.29, 1.82) is 0 Å².